The van der Waals surface area contributed by atoms with Crippen molar-refractivity contribution in [3.05, 3.63) is 95.2 Å². The molecule has 2 heterocycles. The van der Waals surface area contributed by atoms with Gasteiger partial charge < -0.3 is 20.1 Å². The summed E-state index contributed by atoms with van der Waals surface area (Å²) in [4.78, 5) is 27.8. The van der Waals surface area contributed by atoms with E-state index in [0.717, 1.165) is 16.9 Å². The van der Waals surface area contributed by atoms with E-state index < -0.39 is 24.7 Å². The molecule has 49 heavy (non-hydrogen) atoms. The number of Topliss-reactive ketones (excluding diaryl/α,β-unsaturated/α-hetero) is 1. The van der Waals surface area contributed by atoms with Gasteiger partial charge >= 0.3 is 12.2 Å². The fourth-order valence-electron chi connectivity index (χ4n) is 5.90. The van der Waals surface area contributed by atoms with E-state index >= 15 is 0 Å². The SMILES string of the molecule is COc1ccc(OCC(F)(F)F)c(C(=O)C(c2cccc(NC(=O)Nc3cc(C(C)(C)C)nn3-c3ccc(C)cc3)c2)C2CCNCC2)c1. The van der Waals surface area contributed by atoms with E-state index in [1.54, 1.807) is 28.9 Å². The van der Waals surface area contributed by atoms with Gasteiger partial charge in [-0.05, 0) is 86.8 Å². The molecule has 1 saturated heterocycles. The van der Waals surface area contributed by atoms with Crippen molar-refractivity contribution in [2.75, 3.05) is 37.4 Å². The average molecular weight is 678 g/mol. The minimum atomic E-state index is -4.58. The molecule has 1 aromatic heterocycles. The van der Waals surface area contributed by atoms with Gasteiger partial charge in [-0.2, -0.15) is 18.3 Å². The second-order valence-electron chi connectivity index (χ2n) is 13.3. The zero-order chi connectivity index (χ0) is 35.3. The van der Waals surface area contributed by atoms with E-state index in [1.807, 2.05) is 58.0 Å². The van der Waals surface area contributed by atoms with E-state index in [4.69, 9.17) is 14.6 Å². The van der Waals surface area contributed by atoms with Crippen LogP contribution in [0.2, 0.25) is 0 Å². The predicted octanol–water partition coefficient (Wildman–Crippen LogP) is 8.04. The van der Waals surface area contributed by atoms with Crippen LogP contribution in [0, 0.1) is 12.8 Å². The first-order valence-corrected chi connectivity index (χ1v) is 16.2. The molecule has 0 radical (unpaired) electrons. The first-order chi connectivity index (χ1) is 23.2. The van der Waals surface area contributed by atoms with E-state index in [1.165, 1.54) is 25.3 Å². The van der Waals surface area contributed by atoms with Crippen molar-refractivity contribution in [2.24, 2.45) is 5.92 Å². The van der Waals surface area contributed by atoms with Crippen LogP contribution in [-0.4, -0.2) is 54.6 Å². The molecular weight excluding hydrogens is 635 g/mol. The maximum atomic E-state index is 14.4. The summed E-state index contributed by atoms with van der Waals surface area (Å²) in [6, 6.07) is 20.3. The van der Waals surface area contributed by atoms with Crippen LogP contribution in [0.5, 0.6) is 11.5 Å². The largest absolute Gasteiger partial charge is 0.497 e. The van der Waals surface area contributed by atoms with Gasteiger partial charge in [-0.3, -0.25) is 10.1 Å². The zero-order valence-corrected chi connectivity index (χ0v) is 28.3. The number of halogens is 3. The number of benzene rings is 3. The number of hydrogen-bond acceptors (Lipinski definition) is 6. The number of rotatable bonds is 10. The van der Waals surface area contributed by atoms with Gasteiger partial charge in [-0.25, -0.2) is 9.48 Å². The van der Waals surface area contributed by atoms with Gasteiger partial charge in [-0.15, -0.1) is 0 Å². The fourth-order valence-corrected chi connectivity index (χ4v) is 5.90. The van der Waals surface area contributed by atoms with Crippen molar-refractivity contribution in [1.82, 2.24) is 15.1 Å². The highest BCUT2D eigenvalue weighted by atomic mass is 19.4. The lowest BCUT2D eigenvalue weighted by Gasteiger charge is -2.31. The third-order valence-corrected chi connectivity index (χ3v) is 8.48. The third kappa shape index (κ3) is 9.00. The smallest absolute Gasteiger partial charge is 0.422 e. The Kier molecular flexibility index (Phi) is 10.7. The van der Waals surface area contributed by atoms with Gasteiger partial charge in [0, 0.05) is 17.2 Å². The number of urea groups is 1. The number of nitrogens with one attached hydrogen (secondary N) is 3. The summed E-state index contributed by atoms with van der Waals surface area (Å²) in [6.45, 7) is 7.97. The van der Waals surface area contributed by atoms with Crippen LogP contribution in [-0.2, 0) is 5.41 Å². The monoisotopic (exact) mass is 677 g/mol. The van der Waals surface area contributed by atoms with Gasteiger partial charge in [0.25, 0.3) is 0 Å². The Balaban J connectivity index is 1.44. The highest BCUT2D eigenvalue weighted by molar-refractivity contribution is 6.04. The Bertz CT molecular complexity index is 1770. The Hall–Kier alpha value is -4.84. The van der Waals surface area contributed by atoms with Crippen molar-refractivity contribution in [3.8, 4) is 17.2 Å². The van der Waals surface area contributed by atoms with Crippen LogP contribution in [0.25, 0.3) is 5.69 Å². The van der Waals surface area contributed by atoms with Crippen molar-refractivity contribution in [1.29, 1.82) is 0 Å². The summed E-state index contributed by atoms with van der Waals surface area (Å²) in [6.07, 6.45) is -3.23. The number of nitrogens with zero attached hydrogens (tertiary/aromatic N) is 2. The van der Waals surface area contributed by atoms with Gasteiger partial charge in [0.2, 0.25) is 0 Å². The normalized spacial score (nSPS) is 14.6. The quantitative estimate of drug-likeness (QED) is 0.147. The maximum absolute atomic E-state index is 14.4. The summed E-state index contributed by atoms with van der Waals surface area (Å²) in [5.41, 5.74) is 3.48. The molecule has 9 nitrogen and oxygen atoms in total. The first-order valence-electron chi connectivity index (χ1n) is 16.2. The summed E-state index contributed by atoms with van der Waals surface area (Å²) in [7, 11) is 1.42. The number of methoxy groups -OCH3 is 1. The minimum absolute atomic E-state index is 0.00209. The van der Waals surface area contributed by atoms with E-state index in [-0.39, 0.29) is 28.4 Å². The average Bonchev–Trinajstić information content (AvgIpc) is 3.48. The zero-order valence-electron chi connectivity index (χ0n) is 28.3. The summed E-state index contributed by atoms with van der Waals surface area (Å²) >= 11 is 0. The molecule has 12 heteroatoms. The molecule has 0 bridgehead atoms. The van der Waals surface area contributed by atoms with Gasteiger partial charge in [0.15, 0.2) is 12.4 Å². The number of piperidine rings is 1. The lowest BCUT2D eigenvalue weighted by Crippen LogP contribution is -2.34. The molecule has 1 aliphatic rings. The number of amides is 2. The molecule has 3 aromatic carbocycles. The van der Waals surface area contributed by atoms with Crippen molar-refractivity contribution >= 4 is 23.3 Å². The molecule has 1 atom stereocenters. The number of ketones is 1. The molecule has 5 rings (SSSR count). The Morgan fingerprint density at radius 1 is 0.980 bits per heavy atom. The number of alkyl halides is 3. The predicted molar refractivity (Wildman–Crippen MR) is 183 cm³/mol. The van der Waals surface area contributed by atoms with Crippen LogP contribution in [0.1, 0.15) is 66.7 Å². The fraction of sp³-hybridized carbons (Fsp3) is 0.378. The van der Waals surface area contributed by atoms with Crippen LogP contribution in [0.15, 0.2) is 72.8 Å². The van der Waals surface area contributed by atoms with Crippen molar-refractivity contribution in [3.63, 3.8) is 0 Å². The highest BCUT2D eigenvalue weighted by Crippen LogP contribution is 2.38. The molecule has 260 valence electrons. The highest BCUT2D eigenvalue weighted by Gasteiger charge is 2.35. The molecule has 1 unspecified atom stereocenters. The summed E-state index contributed by atoms with van der Waals surface area (Å²) < 4.78 is 51.4. The molecule has 1 aliphatic heterocycles. The lowest BCUT2D eigenvalue weighted by molar-refractivity contribution is -0.153. The van der Waals surface area contributed by atoms with Crippen molar-refractivity contribution < 1.29 is 32.2 Å². The maximum Gasteiger partial charge on any atom is 0.422 e. The molecular formula is C37H42F3N5O4. The number of anilines is 2. The molecule has 4 aromatic rings. The van der Waals surface area contributed by atoms with Gasteiger partial charge in [-0.1, -0.05) is 50.6 Å². The number of aryl methyl sites for hydroxylation is 1. The van der Waals surface area contributed by atoms with Crippen LogP contribution < -0.4 is 25.4 Å². The molecule has 0 aliphatic carbocycles. The second-order valence-corrected chi connectivity index (χ2v) is 13.3. The molecule has 0 spiro atoms. The Labute approximate surface area is 284 Å². The van der Waals surface area contributed by atoms with Gasteiger partial charge in [0.1, 0.15) is 17.3 Å². The van der Waals surface area contributed by atoms with Crippen LogP contribution in [0.4, 0.5) is 29.5 Å². The van der Waals surface area contributed by atoms with E-state index in [2.05, 4.69) is 16.0 Å². The topological polar surface area (TPSA) is 107 Å². The molecule has 1 fully saturated rings. The molecule has 3 N–H and O–H groups in total. The third-order valence-electron chi connectivity index (χ3n) is 8.48. The summed E-state index contributed by atoms with van der Waals surface area (Å²) in [5, 5.41) is 13.9. The van der Waals surface area contributed by atoms with Gasteiger partial charge in [0.05, 0.1) is 30.0 Å². The summed E-state index contributed by atoms with van der Waals surface area (Å²) in [5.74, 6) is -0.589. The number of carbonyl (C=O) groups is 2. The molecule has 0 saturated carbocycles. The van der Waals surface area contributed by atoms with E-state index in [9.17, 15) is 22.8 Å². The van der Waals surface area contributed by atoms with Crippen LogP contribution in [0.3, 0.4) is 0 Å². The second kappa shape index (κ2) is 14.7. The van der Waals surface area contributed by atoms with Crippen molar-refractivity contribution in [2.45, 2.75) is 58.0 Å². The van der Waals surface area contributed by atoms with E-state index in [0.29, 0.717) is 48.7 Å². The number of carbonyl (C=O) groups excluding carboxylic acids is 2. The standard InChI is InChI=1S/C37H42F3N5O4/c1-23-9-11-27(12-10-23)45-32(21-31(44-45)36(2,3)4)43-35(47)42-26-8-6-7-25(19-26)33(24-15-17-41-18-16-24)34(46)29-20-28(48-5)13-14-30(29)49-22-37(38,39)40/h6-14,19-21,24,33,41H,15-18,22H2,1-5H3,(H2,42,43,47). The Morgan fingerprint density at radius 3 is 2.35 bits per heavy atom. The van der Waals surface area contributed by atoms with Crippen LogP contribution >= 0.6 is 0 Å². The molecule has 2 amide bonds. The number of ether oxygens (including phenoxy) is 2. The Morgan fingerprint density at radius 2 is 1.69 bits per heavy atom. The number of hydrogen-bond donors (Lipinski definition) is 3. The lowest BCUT2D eigenvalue weighted by atomic mass is 9.76. The number of aromatic nitrogens is 2. The first kappa shape index (κ1) is 35.5. The minimum Gasteiger partial charge on any atom is -0.497 e.